The van der Waals surface area contributed by atoms with Crippen LogP contribution in [0.3, 0.4) is 0 Å². The SMILES string of the molecule is CCNC(=NCc1ccccc1S(=O)(=O)N(C)C)NCCc1c[nH]c2cc(C)ccc12. The van der Waals surface area contributed by atoms with Crippen LogP contribution < -0.4 is 10.6 Å². The highest BCUT2D eigenvalue weighted by molar-refractivity contribution is 7.89. The quantitative estimate of drug-likeness (QED) is 0.370. The van der Waals surface area contributed by atoms with Crippen LogP contribution in [0.4, 0.5) is 0 Å². The normalized spacial score (nSPS) is 12.5. The first-order chi connectivity index (χ1) is 14.8. The number of nitrogens with zero attached hydrogens (tertiary/aromatic N) is 2. The molecule has 0 atom stereocenters. The van der Waals surface area contributed by atoms with Crippen molar-refractivity contribution in [2.75, 3.05) is 27.2 Å². The van der Waals surface area contributed by atoms with Gasteiger partial charge in [-0.1, -0.05) is 30.3 Å². The Labute approximate surface area is 184 Å². The lowest BCUT2D eigenvalue weighted by Crippen LogP contribution is -2.38. The Hall–Kier alpha value is -2.84. The van der Waals surface area contributed by atoms with Gasteiger partial charge in [0.05, 0.1) is 11.4 Å². The topological polar surface area (TPSA) is 89.6 Å². The predicted molar refractivity (Wildman–Crippen MR) is 127 cm³/mol. The third-order valence-electron chi connectivity index (χ3n) is 5.09. The zero-order chi connectivity index (χ0) is 22.4. The summed E-state index contributed by atoms with van der Waals surface area (Å²) in [5.74, 6) is 0.662. The largest absolute Gasteiger partial charge is 0.361 e. The number of aliphatic imine (C=N–C) groups is 1. The standard InChI is InChI=1S/C23H31N5O2S/c1-5-24-23(25-13-12-18-15-26-21-14-17(2)10-11-20(18)21)27-16-19-8-6-7-9-22(19)31(29,30)28(3)4/h6-11,14-15,26H,5,12-13,16H2,1-4H3,(H2,24,25,27). The average Bonchev–Trinajstić information content (AvgIpc) is 3.14. The number of aryl methyl sites for hydroxylation is 1. The van der Waals surface area contributed by atoms with Crippen molar-refractivity contribution in [2.45, 2.75) is 31.7 Å². The number of hydrogen-bond acceptors (Lipinski definition) is 3. The van der Waals surface area contributed by atoms with Crippen LogP contribution in [0.2, 0.25) is 0 Å². The molecule has 0 saturated carbocycles. The van der Waals surface area contributed by atoms with Crippen molar-refractivity contribution in [2.24, 2.45) is 4.99 Å². The molecule has 2 aromatic carbocycles. The van der Waals surface area contributed by atoms with Gasteiger partial charge in [-0.2, -0.15) is 0 Å². The average molecular weight is 442 g/mol. The Morgan fingerprint density at radius 2 is 1.87 bits per heavy atom. The highest BCUT2D eigenvalue weighted by Crippen LogP contribution is 2.20. The van der Waals surface area contributed by atoms with Crippen molar-refractivity contribution in [3.8, 4) is 0 Å². The van der Waals surface area contributed by atoms with Gasteiger partial charge in [0.25, 0.3) is 0 Å². The van der Waals surface area contributed by atoms with E-state index in [4.69, 9.17) is 0 Å². The fourth-order valence-corrected chi connectivity index (χ4v) is 4.52. The summed E-state index contributed by atoms with van der Waals surface area (Å²) in [4.78, 5) is 8.23. The highest BCUT2D eigenvalue weighted by Gasteiger charge is 2.20. The molecule has 0 amide bonds. The maximum absolute atomic E-state index is 12.6. The summed E-state index contributed by atoms with van der Waals surface area (Å²) < 4.78 is 26.4. The lowest BCUT2D eigenvalue weighted by atomic mass is 10.1. The number of benzene rings is 2. The molecule has 1 heterocycles. The minimum atomic E-state index is -3.52. The zero-order valence-electron chi connectivity index (χ0n) is 18.6. The van der Waals surface area contributed by atoms with E-state index in [0.29, 0.717) is 18.1 Å². The van der Waals surface area contributed by atoms with Gasteiger partial charge in [-0.05, 0) is 49.1 Å². The third-order valence-corrected chi connectivity index (χ3v) is 7.01. The summed E-state index contributed by atoms with van der Waals surface area (Å²) >= 11 is 0. The Balaban J connectivity index is 1.70. The van der Waals surface area contributed by atoms with Crippen LogP contribution in [0.5, 0.6) is 0 Å². The third kappa shape index (κ3) is 5.45. The number of rotatable bonds is 8. The lowest BCUT2D eigenvalue weighted by Gasteiger charge is -2.15. The Bertz CT molecular complexity index is 1170. The van der Waals surface area contributed by atoms with E-state index in [1.165, 1.54) is 34.9 Å². The van der Waals surface area contributed by atoms with Crippen molar-refractivity contribution >= 4 is 26.9 Å². The molecule has 3 aromatic rings. The molecule has 0 spiro atoms. The molecule has 3 rings (SSSR count). The molecular weight excluding hydrogens is 410 g/mol. The van der Waals surface area contributed by atoms with Gasteiger partial charge < -0.3 is 15.6 Å². The van der Waals surface area contributed by atoms with Crippen LogP contribution >= 0.6 is 0 Å². The second-order valence-electron chi connectivity index (χ2n) is 7.63. The van der Waals surface area contributed by atoms with Crippen LogP contribution in [0, 0.1) is 6.92 Å². The second kappa shape index (κ2) is 9.98. The maximum atomic E-state index is 12.6. The summed E-state index contributed by atoms with van der Waals surface area (Å²) in [5, 5.41) is 7.81. The molecule has 0 aliphatic rings. The molecular formula is C23H31N5O2S. The van der Waals surface area contributed by atoms with Crippen molar-refractivity contribution in [1.82, 2.24) is 19.9 Å². The van der Waals surface area contributed by atoms with Gasteiger partial charge in [0, 0.05) is 44.3 Å². The molecule has 7 nitrogen and oxygen atoms in total. The number of aromatic nitrogens is 1. The van der Waals surface area contributed by atoms with Gasteiger partial charge in [-0.15, -0.1) is 0 Å². The van der Waals surface area contributed by atoms with Crippen molar-refractivity contribution in [3.63, 3.8) is 0 Å². The van der Waals surface area contributed by atoms with Gasteiger partial charge in [-0.25, -0.2) is 17.7 Å². The van der Waals surface area contributed by atoms with Crippen LogP contribution in [0.15, 0.2) is 58.5 Å². The van der Waals surface area contributed by atoms with E-state index in [0.717, 1.165) is 18.5 Å². The zero-order valence-corrected chi connectivity index (χ0v) is 19.4. The fraction of sp³-hybridized carbons (Fsp3) is 0.348. The van der Waals surface area contributed by atoms with Crippen LogP contribution in [-0.2, 0) is 23.0 Å². The van der Waals surface area contributed by atoms with Gasteiger partial charge in [0.15, 0.2) is 5.96 Å². The van der Waals surface area contributed by atoms with E-state index in [1.54, 1.807) is 18.2 Å². The smallest absolute Gasteiger partial charge is 0.242 e. The van der Waals surface area contributed by atoms with Crippen LogP contribution in [0.1, 0.15) is 23.6 Å². The first-order valence-corrected chi connectivity index (χ1v) is 11.9. The van der Waals surface area contributed by atoms with E-state index in [9.17, 15) is 8.42 Å². The van der Waals surface area contributed by atoms with Gasteiger partial charge in [0.1, 0.15) is 0 Å². The minimum Gasteiger partial charge on any atom is -0.361 e. The van der Waals surface area contributed by atoms with E-state index in [2.05, 4.69) is 51.9 Å². The Morgan fingerprint density at radius 3 is 2.61 bits per heavy atom. The van der Waals surface area contributed by atoms with Crippen molar-refractivity contribution < 1.29 is 8.42 Å². The molecule has 166 valence electrons. The minimum absolute atomic E-state index is 0.269. The number of nitrogens with one attached hydrogen (secondary N) is 3. The van der Waals surface area contributed by atoms with Crippen LogP contribution in [-0.4, -0.2) is 50.9 Å². The summed E-state index contributed by atoms with van der Waals surface area (Å²) in [6.07, 6.45) is 2.90. The molecule has 8 heteroatoms. The molecule has 0 saturated heterocycles. The monoisotopic (exact) mass is 441 g/mol. The summed E-state index contributed by atoms with van der Waals surface area (Å²) in [5.41, 5.74) is 4.30. The number of sulfonamides is 1. The molecule has 0 fully saturated rings. The molecule has 0 radical (unpaired) electrons. The first-order valence-electron chi connectivity index (χ1n) is 10.4. The Morgan fingerprint density at radius 1 is 1.10 bits per heavy atom. The van der Waals surface area contributed by atoms with E-state index < -0.39 is 10.0 Å². The van der Waals surface area contributed by atoms with Gasteiger partial charge >= 0.3 is 0 Å². The maximum Gasteiger partial charge on any atom is 0.242 e. The van der Waals surface area contributed by atoms with Crippen molar-refractivity contribution in [3.05, 3.63) is 65.4 Å². The second-order valence-corrected chi connectivity index (χ2v) is 9.75. The molecule has 1 aromatic heterocycles. The number of guanidine groups is 1. The van der Waals surface area contributed by atoms with Crippen molar-refractivity contribution in [1.29, 1.82) is 0 Å². The number of hydrogen-bond donors (Lipinski definition) is 3. The van der Waals surface area contributed by atoms with Crippen LogP contribution in [0.25, 0.3) is 10.9 Å². The van der Waals surface area contributed by atoms with Gasteiger partial charge in [0.2, 0.25) is 10.0 Å². The van der Waals surface area contributed by atoms with E-state index in [1.807, 2.05) is 13.0 Å². The fourth-order valence-electron chi connectivity index (χ4n) is 3.41. The number of fused-ring (bicyclic) bond motifs is 1. The van der Waals surface area contributed by atoms with Gasteiger partial charge in [-0.3, -0.25) is 0 Å². The molecule has 0 aliphatic heterocycles. The molecule has 0 unspecified atom stereocenters. The van der Waals surface area contributed by atoms with E-state index >= 15 is 0 Å². The van der Waals surface area contributed by atoms with E-state index in [-0.39, 0.29) is 11.4 Å². The first kappa shape index (κ1) is 22.8. The molecule has 3 N–H and O–H groups in total. The number of H-pyrrole nitrogens is 1. The lowest BCUT2D eigenvalue weighted by molar-refractivity contribution is 0.519. The number of aromatic amines is 1. The molecule has 31 heavy (non-hydrogen) atoms. The summed E-state index contributed by atoms with van der Waals surface area (Å²) in [6.45, 7) is 5.79. The predicted octanol–water partition coefficient (Wildman–Crippen LogP) is 3.02. The summed E-state index contributed by atoms with van der Waals surface area (Å²) in [7, 11) is -0.449. The Kier molecular flexibility index (Phi) is 7.35. The molecule has 0 bridgehead atoms. The molecule has 0 aliphatic carbocycles. The highest BCUT2D eigenvalue weighted by atomic mass is 32.2. The summed E-state index contributed by atoms with van der Waals surface area (Å²) in [6, 6.07) is 13.4.